The maximum Gasteiger partial charge on any atom is 0.0629 e. The molecule has 1 rings (SSSR count). The summed E-state index contributed by atoms with van der Waals surface area (Å²) in [5.74, 6) is 0. The number of hydrogen-bond donors (Lipinski definition) is 0. The molecule has 0 N–H and O–H groups in total. The van der Waals surface area contributed by atoms with Gasteiger partial charge in [-0.05, 0) is 30.5 Å². The highest BCUT2D eigenvalue weighted by atomic mass is 15.0. The van der Waals surface area contributed by atoms with Gasteiger partial charge < -0.3 is 4.90 Å². The van der Waals surface area contributed by atoms with Crippen molar-refractivity contribution in [2.24, 2.45) is 0 Å². The Morgan fingerprint density at radius 3 is 2.69 bits per heavy atom. The van der Waals surface area contributed by atoms with Gasteiger partial charge in [0.2, 0.25) is 0 Å². The Kier molecular flexibility index (Phi) is 3.76. The molecule has 0 unspecified atom stereocenters. The lowest BCUT2D eigenvalue weighted by Crippen LogP contribution is -1.99. The van der Waals surface area contributed by atoms with Crippen molar-refractivity contribution in [3.05, 3.63) is 48.4 Å². The Labute approximate surface area is 79.2 Å². The summed E-state index contributed by atoms with van der Waals surface area (Å²) in [5.41, 5.74) is 0.978. The zero-order valence-corrected chi connectivity index (χ0v) is 8.01. The normalized spacial score (nSPS) is 11.2. The second-order valence-corrected chi connectivity index (χ2v) is 2.92. The molecule has 0 fully saturated rings. The fourth-order valence-corrected chi connectivity index (χ4v) is 0.851. The molecule has 0 spiro atoms. The van der Waals surface area contributed by atoms with Crippen LogP contribution in [0.1, 0.15) is 5.69 Å². The molecule has 2 nitrogen and oxygen atoms in total. The zero-order valence-electron chi connectivity index (χ0n) is 8.01. The van der Waals surface area contributed by atoms with Crippen LogP contribution in [0.2, 0.25) is 0 Å². The highest BCUT2D eigenvalue weighted by molar-refractivity contribution is 5.46. The first-order valence-electron chi connectivity index (χ1n) is 4.21. The van der Waals surface area contributed by atoms with Crippen molar-refractivity contribution in [2.45, 2.75) is 0 Å². The van der Waals surface area contributed by atoms with E-state index in [0.717, 1.165) is 5.69 Å². The van der Waals surface area contributed by atoms with E-state index in [1.165, 1.54) is 0 Å². The topological polar surface area (TPSA) is 16.1 Å². The third kappa shape index (κ3) is 4.11. The molecule has 0 saturated carbocycles. The van der Waals surface area contributed by atoms with Crippen LogP contribution < -0.4 is 0 Å². The number of nitrogens with zero attached hydrogens (tertiary/aromatic N) is 2. The van der Waals surface area contributed by atoms with Crippen LogP contribution in [-0.2, 0) is 0 Å². The monoisotopic (exact) mass is 174 g/mol. The van der Waals surface area contributed by atoms with Gasteiger partial charge in [0.15, 0.2) is 0 Å². The Bertz CT molecular complexity index is 286. The van der Waals surface area contributed by atoms with E-state index < -0.39 is 0 Å². The largest absolute Gasteiger partial charge is 0.383 e. The highest BCUT2D eigenvalue weighted by Crippen LogP contribution is 1.96. The van der Waals surface area contributed by atoms with Crippen molar-refractivity contribution in [3.8, 4) is 0 Å². The molecular weight excluding hydrogens is 160 g/mol. The van der Waals surface area contributed by atoms with Crippen molar-refractivity contribution >= 4 is 6.08 Å². The Morgan fingerprint density at radius 2 is 2.08 bits per heavy atom. The van der Waals surface area contributed by atoms with Crippen LogP contribution >= 0.6 is 0 Å². The standard InChI is InChI=1S/C11H14N2/c1-13(2)10-6-4-8-11-7-3-5-9-12-11/h3-10H,1-2H3/b8-4+,10-6+. The Morgan fingerprint density at radius 1 is 1.23 bits per heavy atom. The first-order chi connectivity index (χ1) is 6.29. The predicted octanol–water partition coefficient (Wildman–Crippen LogP) is 2.17. The van der Waals surface area contributed by atoms with E-state index in [9.17, 15) is 0 Å². The number of rotatable bonds is 3. The van der Waals surface area contributed by atoms with E-state index in [-0.39, 0.29) is 0 Å². The van der Waals surface area contributed by atoms with Crippen LogP contribution in [0, 0.1) is 0 Å². The van der Waals surface area contributed by atoms with E-state index in [4.69, 9.17) is 0 Å². The molecule has 0 amide bonds. The fraction of sp³-hybridized carbons (Fsp3) is 0.182. The van der Waals surface area contributed by atoms with Gasteiger partial charge in [0, 0.05) is 20.3 Å². The molecule has 13 heavy (non-hydrogen) atoms. The summed E-state index contributed by atoms with van der Waals surface area (Å²) in [4.78, 5) is 6.15. The number of aromatic nitrogens is 1. The first kappa shape index (κ1) is 9.52. The van der Waals surface area contributed by atoms with Gasteiger partial charge >= 0.3 is 0 Å². The highest BCUT2D eigenvalue weighted by Gasteiger charge is 1.81. The molecule has 0 radical (unpaired) electrons. The van der Waals surface area contributed by atoms with Gasteiger partial charge in [-0.2, -0.15) is 0 Å². The van der Waals surface area contributed by atoms with Gasteiger partial charge in [0.1, 0.15) is 0 Å². The van der Waals surface area contributed by atoms with Gasteiger partial charge in [-0.25, -0.2) is 0 Å². The van der Waals surface area contributed by atoms with Crippen molar-refractivity contribution in [3.63, 3.8) is 0 Å². The van der Waals surface area contributed by atoms with E-state index >= 15 is 0 Å². The van der Waals surface area contributed by atoms with Gasteiger partial charge in [0.05, 0.1) is 5.69 Å². The predicted molar refractivity (Wildman–Crippen MR) is 56.1 cm³/mol. The minimum Gasteiger partial charge on any atom is -0.383 e. The van der Waals surface area contributed by atoms with Crippen LogP contribution in [0.25, 0.3) is 6.08 Å². The first-order valence-corrected chi connectivity index (χ1v) is 4.21. The van der Waals surface area contributed by atoms with Crippen LogP contribution in [-0.4, -0.2) is 24.0 Å². The number of allylic oxidation sites excluding steroid dienone is 2. The molecule has 0 aliphatic carbocycles. The minimum atomic E-state index is 0.978. The minimum absolute atomic E-state index is 0.978. The smallest absolute Gasteiger partial charge is 0.0629 e. The van der Waals surface area contributed by atoms with Crippen LogP contribution in [0.15, 0.2) is 42.7 Å². The second-order valence-electron chi connectivity index (χ2n) is 2.92. The van der Waals surface area contributed by atoms with Crippen LogP contribution in [0.4, 0.5) is 0 Å². The van der Waals surface area contributed by atoms with E-state index in [0.29, 0.717) is 0 Å². The molecule has 0 aliphatic heterocycles. The molecular formula is C11H14N2. The van der Waals surface area contributed by atoms with Crippen molar-refractivity contribution in [1.29, 1.82) is 0 Å². The molecule has 68 valence electrons. The van der Waals surface area contributed by atoms with E-state index in [2.05, 4.69) is 4.98 Å². The zero-order chi connectivity index (χ0) is 9.52. The molecule has 0 aliphatic rings. The van der Waals surface area contributed by atoms with Crippen LogP contribution in [0.3, 0.4) is 0 Å². The summed E-state index contributed by atoms with van der Waals surface area (Å²) in [5, 5.41) is 0. The lowest BCUT2D eigenvalue weighted by atomic mass is 10.3. The van der Waals surface area contributed by atoms with Crippen molar-refractivity contribution < 1.29 is 0 Å². The fourth-order valence-electron chi connectivity index (χ4n) is 0.851. The third-order valence-corrected chi connectivity index (χ3v) is 1.45. The average molecular weight is 174 g/mol. The lowest BCUT2D eigenvalue weighted by Gasteiger charge is -2.00. The van der Waals surface area contributed by atoms with E-state index in [1.807, 2.05) is 61.6 Å². The molecule has 1 aromatic heterocycles. The number of hydrogen-bond acceptors (Lipinski definition) is 2. The summed E-state index contributed by atoms with van der Waals surface area (Å²) in [6, 6.07) is 5.86. The maximum absolute atomic E-state index is 4.16. The molecule has 0 aromatic carbocycles. The summed E-state index contributed by atoms with van der Waals surface area (Å²) in [7, 11) is 3.98. The SMILES string of the molecule is CN(C)/C=C/C=C/c1ccccn1. The third-order valence-electron chi connectivity index (χ3n) is 1.45. The van der Waals surface area contributed by atoms with Gasteiger partial charge in [0.25, 0.3) is 0 Å². The summed E-state index contributed by atoms with van der Waals surface area (Å²) >= 11 is 0. The molecule has 1 aromatic rings. The van der Waals surface area contributed by atoms with Crippen LogP contribution in [0.5, 0.6) is 0 Å². The van der Waals surface area contributed by atoms with E-state index in [1.54, 1.807) is 6.20 Å². The van der Waals surface area contributed by atoms with Crippen molar-refractivity contribution in [2.75, 3.05) is 14.1 Å². The van der Waals surface area contributed by atoms with Gasteiger partial charge in [-0.3, -0.25) is 4.98 Å². The molecule has 0 bridgehead atoms. The molecule has 0 saturated heterocycles. The molecule has 0 atom stereocenters. The summed E-state index contributed by atoms with van der Waals surface area (Å²) in [6.07, 6.45) is 9.70. The number of pyridine rings is 1. The van der Waals surface area contributed by atoms with Crippen molar-refractivity contribution in [1.82, 2.24) is 9.88 Å². The van der Waals surface area contributed by atoms with Gasteiger partial charge in [-0.15, -0.1) is 0 Å². The summed E-state index contributed by atoms with van der Waals surface area (Å²) < 4.78 is 0. The lowest BCUT2D eigenvalue weighted by molar-refractivity contribution is 0.564. The second kappa shape index (κ2) is 5.14. The quantitative estimate of drug-likeness (QED) is 0.653. The summed E-state index contributed by atoms with van der Waals surface area (Å²) in [6.45, 7) is 0. The average Bonchev–Trinajstić information content (AvgIpc) is 2.14. The maximum atomic E-state index is 4.16. The molecule has 1 heterocycles. The van der Waals surface area contributed by atoms with Gasteiger partial charge in [-0.1, -0.05) is 12.1 Å². The molecule has 2 heteroatoms. The Hall–Kier alpha value is -1.57. The Balaban J connectivity index is 2.50.